The quantitative estimate of drug-likeness (QED) is 0.846. The molecule has 0 atom stereocenters. The Morgan fingerprint density at radius 3 is 2.32 bits per heavy atom. The minimum atomic E-state index is -0.927. The number of halogens is 3. The summed E-state index contributed by atoms with van der Waals surface area (Å²) >= 11 is 11.6. The lowest BCUT2D eigenvalue weighted by molar-refractivity contribution is 0.426. The van der Waals surface area contributed by atoms with Crippen molar-refractivity contribution in [1.29, 1.82) is 0 Å². The Bertz CT molecular complexity index is 759. The van der Waals surface area contributed by atoms with Crippen LogP contribution in [-0.4, -0.2) is 14.7 Å². The monoisotopic (exact) mass is 304 g/mol. The molecule has 0 saturated carbocycles. The van der Waals surface area contributed by atoms with Gasteiger partial charge in [-0.25, -0.2) is 13.8 Å². The Balaban J connectivity index is 2.92. The standard InChI is InChI=1S/C11H7Cl2FN2O3/c1-4-9(17)15-11(19)16(10(4)18)8-6(12)2-5(14)3-7(8)13/h2-3,18H,1H3,(H,15,17,19). The van der Waals surface area contributed by atoms with Gasteiger partial charge in [-0.3, -0.25) is 9.78 Å². The van der Waals surface area contributed by atoms with E-state index in [2.05, 4.69) is 0 Å². The summed E-state index contributed by atoms with van der Waals surface area (Å²) in [5, 5.41) is 9.52. The van der Waals surface area contributed by atoms with Crippen LogP contribution in [0.15, 0.2) is 21.7 Å². The molecular weight excluding hydrogens is 298 g/mol. The molecule has 2 rings (SSSR count). The number of hydrogen-bond donors (Lipinski definition) is 2. The molecule has 100 valence electrons. The van der Waals surface area contributed by atoms with Gasteiger partial charge in [-0.1, -0.05) is 23.2 Å². The first kappa shape index (κ1) is 13.6. The average molecular weight is 305 g/mol. The maximum Gasteiger partial charge on any atom is 0.335 e. The zero-order valence-corrected chi connectivity index (χ0v) is 11.0. The number of rotatable bonds is 1. The molecule has 0 aliphatic rings. The summed E-state index contributed by atoms with van der Waals surface area (Å²) in [6.07, 6.45) is 0. The first-order valence-electron chi connectivity index (χ1n) is 5.02. The van der Waals surface area contributed by atoms with Crippen LogP contribution in [-0.2, 0) is 0 Å². The minimum Gasteiger partial charge on any atom is -0.494 e. The largest absolute Gasteiger partial charge is 0.494 e. The summed E-state index contributed by atoms with van der Waals surface area (Å²) in [5.74, 6) is -1.29. The van der Waals surface area contributed by atoms with Crippen molar-refractivity contribution in [2.45, 2.75) is 6.92 Å². The van der Waals surface area contributed by atoms with Crippen LogP contribution in [0.5, 0.6) is 5.88 Å². The lowest BCUT2D eigenvalue weighted by Gasteiger charge is -2.12. The second kappa shape index (κ2) is 4.71. The number of aromatic amines is 1. The average Bonchev–Trinajstić information content (AvgIpc) is 2.29. The van der Waals surface area contributed by atoms with E-state index >= 15 is 0 Å². The van der Waals surface area contributed by atoms with Gasteiger partial charge in [-0.2, -0.15) is 0 Å². The van der Waals surface area contributed by atoms with Gasteiger partial charge in [0.2, 0.25) is 5.88 Å². The molecule has 0 spiro atoms. The van der Waals surface area contributed by atoms with Crippen molar-refractivity contribution in [3.05, 3.63) is 54.4 Å². The number of H-pyrrole nitrogens is 1. The lowest BCUT2D eigenvalue weighted by atomic mass is 10.3. The van der Waals surface area contributed by atoms with E-state index in [1.54, 1.807) is 0 Å². The van der Waals surface area contributed by atoms with Crippen LogP contribution in [0.1, 0.15) is 5.56 Å². The highest BCUT2D eigenvalue weighted by molar-refractivity contribution is 6.37. The summed E-state index contributed by atoms with van der Waals surface area (Å²) in [5.41, 5.74) is -1.85. The van der Waals surface area contributed by atoms with Gasteiger partial charge < -0.3 is 5.11 Å². The SMILES string of the molecule is Cc1c(O)n(-c2c(Cl)cc(F)cc2Cl)c(=O)[nH]c1=O. The normalized spacial score (nSPS) is 10.7. The van der Waals surface area contributed by atoms with Crippen LogP contribution in [0.4, 0.5) is 4.39 Å². The van der Waals surface area contributed by atoms with Crippen molar-refractivity contribution in [3.63, 3.8) is 0 Å². The summed E-state index contributed by atoms with van der Waals surface area (Å²) < 4.78 is 13.8. The van der Waals surface area contributed by atoms with Gasteiger partial charge in [0.15, 0.2) is 0 Å². The van der Waals surface area contributed by atoms with Gasteiger partial charge in [0, 0.05) is 0 Å². The number of hydrogen-bond acceptors (Lipinski definition) is 3. The Kier molecular flexibility index (Phi) is 3.38. The Labute approximate surface area is 115 Å². The molecule has 5 nitrogen and oxygen atoms in total. The van der Waals surface area contributed by atoms with E-state index < -0.39 is 22.9 Å². The molecule has 0 aliphatic heterocycles. The first-order valence-corrected chi connectivity index (χ1v) is 5.78. The van der Waals surface area contributed by atoms with Gasteiger partial charge in [0.1, 0.15) is 5.82 Å². The van der Waals surface area contributed by atoms with Crippen LogP contribution in [0.2, 0.25) is 10.0 Å². The zero-order chi connectivity index (χ0) is 14.3. The van der Waals surface area contributed by atoms with E-state index in [4.69, 9.17) is 23.2 Å². The zero-order valence-electron chi connectivity index (χ0n) is 9.50. The topological polar surface area (TPSA) is 75.1 Å². The summed E-state index contributed by atoms with van der Waals surface area (Å²) in [4.78, 5) is 25.0. The van der Waals surface area contributed by atoms with Gasteiger partial charge in [-0.15, -0.1) is 0 Å². The summed E-state index contributed by atoms with van der Waals surface area (Å²) in [7, 11) is 0. The third-order valence-corrected chi connectivity index (χ3v) is 3.09. The van der Waals surface area contributed by atoms with Crippen LogP contribution >= 0.6 is 23.2 Å². The fourth-order valence-corrected chi connectivity index (χ4v) is 2.20. The molecule has 0 amide bonds. The van der Waals surface area contributed by atoms with E-state index in [1.165, 1.54) is 6.92 Å². The molecule has 0 fully saturated rings. The number of aromatic hydroxyl groups is 1. The van der Waals surface area contributed by atoms with Crippen LogP contribution < -0.4 is 11.2 Å². The molecule has 0 saturated heterocycles. The highest BCUT2D eigenvalue weighted by Gasteiger charge is 2.18. The molecule has 1 heterocycles. The number of nitrogens with one attached hydrogen (secondary N) is 1. The molecule has 8 heteroatoms. The highest BCUT2D eigenvalue weighted by atomic mass is 35.5. The van der Waals surface area contributed by atoms with E-state index in [1.807, 2.05) is 4.98 Å². The van der Waals surface area contributed by atoms with Gasteiger partial charge >= 0.3 is 5.69 Å². The van der Waals surface area contributed by atoms with Gasteiger partial charge in [-0.05, 0) is 19.1 Å². The molecule has 0 bridgehead atoms. The molecule has 1 aromatic carbocycles. The van der Waals surface area contributed by atoms with Crippen molar-refractivity contribution in [3.8, 4) is 11.6 Å². The Morgan fingerprint density at radius 2 is 1.79 bits per heavy atom. The molecular formula is C11H7Cl2FN2O3. The number of benzene rings is 1. The molecule has 0 unspecified atom stereocenters. The molecule has 1 aromatic heterocycles. The van der Waals surface area contributed by atoms with Crippen molar-refractivity contribution in [1.82, 2.24) is 9.55 Å². The van der Waals surface area contributed by atoms with E-state index in [9.17, 15) is 19.1 Å². The Morgan fingerprint density at radius 1 is 1.26 bits per heavy atom. The van der Waals surface area contributed by atoms with Gasteiger partial charge in [0.05, 0.1) is 21.3 Å². The van der Waals surface area contributed by atoms with Crippen molar-refractivity contribution in [2.75, 3.05) is 0 Å². The molecule has 19 heavy (non-hydrogen) atoms. The van der Waals surface area contributed by atoms with E-state index in [0.29, 0.717) is 4.57 Å². The van der Waals surface area contributed by atoms with E-state index in [0.717, 1.165) is 12.1 Å². The van der Waals surface area contributed by atoms with Crippen LogP contribution in [0.3, 0.4) is 0 Å². The van der Waals surface area contributed by atoms with Gasteiger partial charge in [0.25, 0.3) is 5.56 Å². The number of aromatic nitrogens is 2. The smallest absolute Gasteiger partial charge is 0.335 e. The van der Waals surface area contributed by atoms with Crippen molar-refractivity contribution >= 4 is 23.2 Å². The number of nitrogens with zero attached hydrogens (tertiary/aromatic N) is 1. The summed E-state index contributed by atoms with van der Waals surface area (Å²) in [6, 6.07) is 1.88. The maximum absolute atomic E-state index is 13.1. The molecule has 2 N–H and O–H groups in total. The first-order chi connectivity index (χ1) is 8.82. The maximum atomic E-state index is 13.1. The minimum absolute atomic E-state index is 0.0870. The van der Waals surface area contributed by atoms with Crippen LogP contribution in [0.25, 0.3) is 5.69 Å². The molecule has 0 aliphatic carbocycles. The van der Waals surface area contributed by atoms with Crippen molar-refractivity contribution < 1.29 is 9.50 Å². The lowest BCUT2D eigenvalue weighted by Crippen LogP contribution is -2.30. The predicted molar refractivity (Wildman–Crippen MR) is 69.0 cm³/mol. The molecule has 0 radical (unpaired) electrons. The van der Waals surface area contributed by atoms with E-state index in [-0.39, 0.29) is 21.3 Å². The second-order valence-corrected chi connectivity index (χ2v) is 4.58. The highest BCUT2D eigenvalue weighted by Crippen LogP contribution is 2.31. The predicted octanol–water partition coefficient (Wildman–Crippen LogP) is 1.99. The fourth-order valence-electron chi connectivity index (χ4n) is 1.57. The van der Waals surface area contributed by atoms with Crippen LogP contribution in [0, 0.1) is 12.7 Å². The third-order valence-electron chi connectivity index (χ3n) is 2.52. The Hall–Kier alpha value is -1.79. The second-order valence-electron chi connectivity index (χ2n) is 3.76. The van der Waals surface area contributed by atoms with Crippen molar-refractivity contribution in [2.24, 2.45) is 0 Å². The third kappa shape index (κ3) is 2.24. The molecule has 2 aromatic rings. The summed E-state index contributed by atoms with van der Waals surface area (Å²) in [6.45, 7) is 1.31. The fraction of sp³-hybridized carbons (Fsp3) is 0.0909.